The molecule has 1 aliphatic heterocycles. The van der Waals surface area contributed by atoms with Gasteiger partial charge in [0.05, 0.1) is 23.7 Å². The molecule has 11 heteroatoms. The molecular weight excluding hydrogens is 467 g/mol. The summed E-state index contributed by atoms with van der Waals surface area (Å²) in [5.41, 5.74) is 2.39. The topological polar surface area (TPSA) is 111 Å². The second-order valence-electron chi connectivity index (χ2n) is 8.68. The van der Waals surface area contributed by atoms with Crippen molar-refractivity contribution in [2.24, 2.45) is 0 Å². The number of hydrogen-bond acceptors (Lipinski definition) is 7. The highest BCUT2D eigenvalue weighted by Gasteiger charge is 2.29. The number of allylic oxidation sites excluding steroid dienone is 1. The van der Waals surface area contributed by atoms with Gasteiger partial charge in [0.25, 0.3) is 5.95 Å². The highest BCUT2D eigenvalue weighted by molar-refractivity contribution is 5.88. The number of benzene rings is 1. The molecule has 4 rings (SSSR count). The van der Waals surface area contributed by atoms with Crippen LogP contribution in [0.2, 0.25) is 0 Å². The number of carbonyl (C=O) groups excluding carboxylic acids is 2. The van der Waals surface area contributed by atoms with Crippen LogP contribution in [0, 0.1) is 19.7 Å². The van der Waals surface area contributed by atoms with Crippen LogP contribution >= 0.6 is 0 Å². The average Bonchev–Trinajstić information content (AvgIpc) is 3.38. The number of nitrogens with zero attached hydrogens (tertiary/aromatic N) is 5. The molecule has 0 unspecified atom stereocenters. The van der Waals surface area contributed by atoms with Crippen molar-refractivity contribution >= 4 is 17.8 Å². The van der Waals surface area contributed by atoms with Gasteiger partial charge in [-0.2, -0.15) is 10.1 Å². The standard InChI is InChI=1S/C25H27FN6O4/c1-14(2)35-25(34)31-7-6-20(13-31)36-21-10-18(9-19(26)11-21)22-12-23(27-17(5)33)29-24(28-22)32-16(4)8-15(3)30-32/h8-12,20H,1,6-7,13H2,2-5H3,(H,27,28,29,33)/t20-/m0/s1. The maximum Gasteiger partial charge on any atom is 0.415 e. The lowest BCUT2D eigenvalue weighted by Crippen LogP contribution is -2.31. The van der Waals surface area contributed by atoms with E-state index in [1.165, 1.54) is 24.0 Å². The molecule has 1 atom stereocenters. The molecule has 3 heterocycles. The molecule has 10 nitrogen and oxygen atoms in total. The van der Waals surface area contributed by atoms with Gasteiger partial charge in [-0.15, -0.1) is 0 Å². The molecule has 1 saturated heterocycles. The lowest BCUT2D eigenvalue weighted by Gasteiger charge is -2.17. The summed E-state index contributed by atoms with van der Waals surface area (Å²) in [6, 6.07) is 7.68. The Morgan fingerprint density at radius 3 is 2.58 bits per heavy atom. The second-order valence-corrected chi connectivity index (χ2v) is 8.68. The predicted octanol–water partition coefficient (Wildman–Crippen LogP) is 4.17. The maximum absolute atomic E-state index is 14.6. The van der Waals surface area contributed by atoms with Gasteiger partial charge in [0.15, 0.2) is 0 Å². The van der Waals surface area contributed by atoms with Crippen LogP contribution in [0.4, 0.5) is 15.0 Å². The van der Waals surface area contributed by atoms with Crippen molar-refractivity contribution in [3.63, 3.8) is 0 Å². The van der Waals surface area contributed by atoms with Gasteiger partial charge in [-0.1, -0.05) is 6.58 Å². The third-order valence-electron chi connectivity index (χ3n) is 5.35. The molecule has 0 aliphatic carbocycles. The number of amides is 2. The van der Waals surface area contributed by atoms with E-state index in [0.29, 0.717) is 36.5 Å². The number of ether oxygens (including phenoxy) is 2. The van der Waals surface area contributed by atoms with Crippen molar-refractivity contribution < 1.29 is 23.5 Å². The quantitative estimate of drug-likeness (QED) is 0.512. The van der Waals surface area contributed by atoms with Crippen LogP contribution in [-0.2, 0) is 9.53 Å². The summed E-state index contributed by atoms with van der Waals surface area (Å²) in [6.45, 7) is 11.0. The van der Waals surface area contributed by atoms with Gasteiger partial charge in [-0.25, -0.2) is 18.9 Å². The Kier molecular flexibility index (Phi) is 7.00. The summed E-state index contributed by atoms with van der Waals surface area (Å²) in [4.78, 5) is 34.3. The van der Waals surface area contributed by atoms with Gasteiger partial charge in [0.1, 0.15) is 23.5 Å². The van der Waals surface area contributed by atoms with Crippen molar-refractivity contribution in [3.8, 4) is 23.0 Å². The van der Waals surface area contributed by atoms with E-state index >= 15 is 0 Å². The normalized spacial score (nSPS) is 15.0. The minimum atomic E-state index is -0.522. The number of likely N-dealkylation sites (tertiary alicyclic amines) is 1. The molecule has 36 heavy (non-hydrogen) atoms. The fourth-order valence-corrected chi connectivity index (χ4v) is 3.93. The van der Waals surface area contributed by atoms with Gasteiger partial charge in [-0.3, -0.25) is 4.79 Å². The minimum absolute atomic E-state index is 0.232. The largest absolute Gasteiger partial charge is 0.488 e. The molecule has 0 saturated carbocycles. The van der Waals surface area contributed by atoms with Crippen LogP contribution in [0.1, 0.15) is 31.7 Å². The Morgan fingerprint density at radius 2 is 1.92 bits per heavy atom. The van der Waals surface area contributed by atoms with Gasteiger partial charge in [0.2, 0.25) is 5.91 Å². The van der Waals surface area contributed by atoms with E-state index in [9.17, 15) is 14.0 Å². The fraction of sp³-hybridized carbons (Fsp3) is 0.320. The molecule has 0 bridgehead atoms. The van der Waals surface area contributed by atoms with Crippen molar-refractivity contribution in [1.82, 2.24) is 24.6 Å². The minimum Gasteiger partial charge on any atom is -0.488 e. The third-order valence-corrected chi connectivity index (χ3v) is 5.35. The highest BCUT2D eigenvalue weighted by atomic mass is 19.1. The number of aromatic nitrogens is 4. The van der Waals surface area contributed by atoms with E-state index in [1.807, 2.05) is 19.9 Å². The molecular formula is C25H27FN6O4. The van der Waals surface area contributed by atoms with Crippen LogP contribution in [0.3, 0.4) is 0 Å². The summed E-state index contributed by atoms with van der Waals surface area (Å²) in [7, 11) is 0. The Balaban J connectivity index is 1.62. The van der Waals surface area contributed by atoms with E-state index < -0.39 is 11.9 Å². The first-order valence-corrected chi connectivity index (χ1v) is 11.4. The third kappa shape index (κ3) is 5.85. The van der Waals surface area contributed by atoms with E-state index in [-0.39, 0.29) is 29.5 Å². The summed E-state index contributed by atoms with van der Waals surface area (Å²) in [5, 5.41) is 7.07. The Morgan fingerprint density at radius 1 is 1.14 bits per heavy atom. The van der Waals surface area contributed by atoms with E-state index in [4.69, 9.17) is 9.47 Å². The number of carbonyl (C=O) groups is 2. The van der Waals surface area contributed by atoms with Gasteiger partial charge in [-0.05, 0) is 39.0 Å². The summed E-state index contributed by atoms with van der Waals surface area (Å²) in [5.74, 6) is 0.254. The van der Waals surface area contributed by atoms with Gasteiger partial charge >= 0.3 is 6.09 Å². The zero-order valence-electron chi connectivity index (χ0n) is 20.5. The zero-order valence-corrected chi connectivity index (χ0v) is 20.5. The lowest BCUT2D eigenvalue weighted by molar-refractivity contribution is -0.114. The van der Waals surface area contributed by atoms with E-state index in [2.05, 4.69) is 27.0 Å². The molecule has 0 spiro atoms. The molecule has 2 amide bonds. The number of nitrogens with one attached hydrogen (secondary N) is 1. The highest BCUT2D eigenvalue weighted by Crippen LogP contribution is 2.28. The molecule has 2 aromatic heterocycles. The van der Waals surface area contributed by atoms with Crippen LogP contribution in [-0.4, -0.2) is 55.8 Å². The van der Waals surface area contributed by atoms with Crippen molar-refractivity contribution in [2.75, 3.05) is 18.4 Å². The first-order chi connectivity index (χ1) is 17.1. The van der Waals surface area contributed by atoms with E-state index in [0.717, 1.165) is 11.4 Å². The Hall–Kier alpha value is -4.28. The van der Waals surface area contributed by atoms with Crippen molar-refractivity contribution in [3.05, 3.63) is 59.9 Å². The van der Waals surface area contributed by atoms with Crippen molar-refractivity contribution in [1.29, 1.82) is 0 Å². The first kappa shape index (κ1) is 24.8. The molecule has 1 N–H and O–H groups in total. The summed E-state index contributed by atoms with van der Waals surface area (Å²) >= 11 is 0. The summed E-state index contributed by atoms with van der Waals surface area (Å²) in [6.07, 6.45) is -0.251. The van der Waals surface area contributed by atoms with Crippen LogP contribution < -0.4 is 10.1 Å². The van der Waals surface area contributed by atoms with Crippen LogP contribution in [0.25, 0.3) is 17.2 Å². The zero-order chi connectivity index (χ0) is 26.0. The molecule has 188 valence electrons. The summed E-state index contributed by atoms with van der Waals surface area (Å²) < 4.78 is 27.2. The van der Waals surface area contributed by atoms with Gasteiger partial charge < -0.3 is 19.7 Å². The first-order valence-electron chi connectivity index (χ1n) is 11.4. The maximum atomic E-state index is 14.6. The number of hydrogen-bond donors (Lipinski definition) is 1. The number of rotatable bonds is 6. The predicted molar refractivity (Wildman–Crippen MR) is 130 cm³/mol. The number of aryl methyl sites for hydroxylation is 2. The molecule has 3 aromatic rings. The Bertz CT molecular complexity index is 1340. The van der Waals surface area contributed by atoms with E-state index in [1.54, 1.807) is 23.7 Å². The van der Waals surface area contributed by atoms with Gasteiger partial charge in [0, 0.05) is 43.3 Å². The Labute approximate surface area is 207 Å². The van der Waals surface area contributed by atoms with Crippen LogP contribution in [0.5, 0.6) is 5.75 Å². The number of anilines is 1. The molecule has 1 fully saturated rings. The van der Waals surface area contributed by atoms with Crippen molar-refractivity contribution in [2.45, 2.75) is 40.2 Å². The smallest absolute Gasteiger partial charge is 0.415 e. The molecule has 1 aliphatic rings. The molecule has 0 radical (unpaired) electrons. The molecule has 1 aromatic carbocycles. The second kappa shape index (κ2) is 10.1. The average molecular weight is 495 g/mol. The fourth-order valence-electron chi connectivity index (χ4n) is 3.93. The van der Waals surface area contributed by atoms with Crippen LogP contribution in [0.15, 0.2) is 42.7 Å². The lowest BCUT2D eigenvalue weighted by atomic mass is 10.1. The SMILES string of the molecule is C=C(C)OC(=O)N1CC[C@H](Oc2cc(F)cc(-c3cc(NC(C)=O)nc(-n4nc(C)cc4C)n3)c2)C1. The number of halogens is 1. The monoisotopic (exact) mass is 494 g/mol.